The average Bonchev–Trinajstić information content (AvgIpc) is 3.18. The van der Waals surface area contributed by atoms with Gasteiger partial charge in [0.15, 0.2) is 11.5 Å². The molecule has 2 aliphatic rings. The third-order valence-electron chi connectivity index (χ3n) is 5.43. The molecule has 162 valence electrons. The van der Waals surface area contributed by atoms with Crippen LogP contribution in [0.5, 0.6) is 11.5 Å². The van der Waals surface area contributed by atoms with E-state index in [9.17, 15) is 14.9 Å². The smallest absolute Gasteiger partial charge is 0.411 e. The lowest BCUT2D eigenvalue weighted by Gasteiger charge is -2.39. The molecule has 0 N–H and O–H groups in total. The number of carbonyl (C=O) groups is 2. The van der Waals surface area contributed by atoms with Gasteiger partial charge in [-0.3, -0.25) is 9.69 Å². The summed E-state index contributed by atoms with van der Waals surface area (Å²) >= 11 is 0. The van der Waals surface area contributed by atoms with Gasteiger partial charge in [0.2, 0.25) is 5.91 Å². The summed E-state index contributed by atoms with van der Waals surface area (Å²) in [7, 11) is 3.12. The number of nitriles is 1. The summed E-state index contributed by atoms with van der Waals surface area (Å²) < 4.78 is 16.4. The maximum absolute atomic E-state index is 13.4. The molecule has 1 aromatic carbocycles. The van der Waals surface area contributed by atoms with Crippen molar-refractivity contribution in [2.45, 2.75) is 64.3 Å². The van der Waals surface area contributed by atoms with E-state index < -0.39 is 23.8 Å². The molecule has 2 heterocycles. The number of rotatable bonds is 3. The van der Waals surface area contributed by atoms with Crippen LogP contribution >= 0.6 is 0 Å². The highest BCUT2D eigenvalue weighted by Crippen LogP contribution is 2.36. The van der Waals surface area contributed by atoms with Crippen molar-refractivity contribution in [2.24, 2.45) is 0 Å². The molecule has 30 heavy (non-hydrogen) atoms. The summed E-state index contributed by atoms with van der Waals surface area (Å²) in [6.07, 6.45) is 1.21. The van der Waals surface area contributed by atoms with Gasteiger partial charge in [0.25, 0.3) is 0 Å². The summed E-state index contributed by atoms with van der Waals surface area (Å²) in [5.41, 5.74) is 1.10. The summed E-state index contributed by atoms with van der Waals surface area (Å²) in [5.74, 6) is 0.920. The van der Waals surface area contributed by atoms with E-state index in [0.29, 0.717) is 30.9 Å². The Morgan fingerprint density at radius 2 is 1.73 bits per heavy atom. The van der Waals surface area contributed by atoms with Gasteiger partial charge in [-0.2, -0.15) is 5.26 Å². The van der Waals surface area contributed by atoms with Crippen LogP contribution in [0.15, 0.2) is 12.1 Å². The van der Waals surface area contributed by atoms with E-state index in [1.807, 2.05) is 12.1 Å². The lowest BCUT2D eigenvalue weighted by molar-refractivity contribution is -0.137. The van der Waals surface area contributed by atoms with Gasteiger partial charge < -0.3 is 19.1 Å². The van der Waals surface area contributed by atoms with E-state index in [1.54, 1.807) is 39.9 Å². The minimum absolute atomic E-state index is 0.214. The Kier molecular flexibility index (Phi) is 6.11. The minimum atomic E-state index is -0.737. The van der Waals surface area contributed by atoms with Gasteiger partial charge >= 0.3 is 6.09 Å². The van der Waals surface area contributed by atoms with Gasteiger partial charge in [0, 0.05) is 13.0 Å². The molecule has 1 saturated heterocycles. The first kappa shape index (κ1) is 21.8. The minimum Gasteiger partial charge on any atom is -0.493 e. The first-order chi connectivity index (χ1) is 14.2. The Hall–Kier alpha value is -2.95. The van der Waals surface area contributed by atoms with Crippen molar-refractivity contribution in [1.82, 2.24) is 9.80 Å². The molecule has 2 aliphatic heterocycles. The van der Waals surface area contributed by atoms with E-state index >= 15 is 0 Å². The fraction of sp³-hybridized carbons (Fsp3) is 0.591. The van der Waals surface area contributed by atoms with Crippen molar-refractivity contribution in [1.29, 1.82) is 5.26 Å². The second-order valence-electron chi connectivity index (χ2n) is 8.62. The highest BCUT2D eigenvalue weighted by atomic mass is 16.6. The number of benzene rings is 1. The number of hydrogen-bond acceptors (Lipinski definition) is 6. The van der Waals surface area contributed by atoms with Crippen molar-refractivity contribution in [2.75, 3.05) is 20.8 Å². The zero-order chi connectivity index (χ0) is 22.1. The van der Waals surface area contributed by atoms with Gasteiger partial charge in [-0.25, -0.2) is 4.79 Å². The second-order valence-corrected chi connectivity index (χ2v) is 8.62. The van der Waals surface area contributed by atoms with Crippen LogP contribution in [0.1, 0.15) is 44.7 Å². The van der Waals surface area contributed by atoms with Crippen molar-refractivity contribution in [3.63, 3.8) is 0 Å². The van der Waals surface area contributed by atoms with E-state index in [0.717, 1.165) is 17.5 Å². The molecule has 0 spiro atoms. The molecule has 0 bridgehead atoms. The third kappa shape index (κ3) is 4.30. The van der Waals surface area contributed by atoms with E-state index in [2.05, 4.69) is 6.07 Å². The monoisotopic (exact) mass is 415 g/mol. The van der Waals surface area contributed by atoms with Crippen LogP contribution in [-0.4, -0.2) is 60.2 Å². The quantitative estimate of drug-likeness (QED) is 0.754. The van der Waals surface area contributed by atoms with Gasteiger partial charge in [-0.15, -0.1) is 0 Å². The summed E-state index contributed by atoms with van der Waals surface area (Å²) in [6.45, 7) is 6.11. The number of ether oxygens (including phenoxy) is 3. The Balaban J connectivity index is 1.98. The van der Waals surface area contributed by atoms with Crippen LogP contribution in [0.25, 0.3) is 0 Å². The zero-order valence-electron chi connectivity index (χ0n) is 18.2. The highest BCUT2D eigenvalue weighted by molar-refractivity contribution is 5.87. The van der Waals surface area contributed by atoms with Crippen molar-refractivity contribution in [3.8, 4) is 17.6 Å². The maximum Gasteiger partial charge on any atom is 0.411 e. The van der Waals surface area contributed by atoms with Crippen molar-refractivity contribution in [3.05, 3.63) is 23.3 Å². The average molecular weight is 415 g/mol. The fourth-order valence-corrected chi connectivity index (χ4v) is 4.00. The number of carbonyl (C=O) groups excluding carboxylic acids is 2. The molecule has 2 amide bonds. The van der Waals surface area contributed by atoms with Crippen LogP contribution in [0, 0.1) is 11.3 Å². The molecular weight excluding hydrogens is 386 g/mol. The van der Waals surface area contributed by atoms with Gasteiger partial charge in [-0.1, -0.05) is 0 Å². The molecule has 2 unspecified atom stereocenters. The number of hydrogen-bond donors (Lipinski definition) is 0. The van der Waals surface area contributed by atoms with Gasteiger partial charge in [0.05, 0.1) is 26.8 Å². The Morgan fingerprint density at radius 1 is 1.10 bits per heavy atom. The first-order valence-electron chi connectivity index (χ1n) is 10.1. The van der Waals surface area contributed by atoms with Crippen LogP contribution in [0.3, 0.4) is 0 Å². The lowest BCUT2D eigenvalue weighted by atomic mass is 9.92. The molecule has 0 aliphatic carbocycles. The Labute approximate surface area is 177 Å². The van der Waals surface area contributed by atoms with Gasteiger partial charge in [-0.05, 0) is 56.9 Å². The van der Waals surface area contributed by atoms with Gasteiger partial charge in [0.1, 0.15) is 17.7 Å². The summed E-state index contributed by atoms with van der Waals surface area (Å²) in [6, 6.07) is 4.70. The molecular formula is C22H29N3O5. The predicted octanol–water partition coefficient (Wildman–Crippen LogP) is 2.88. The number of likely N-dealkylation sites (tertiary alicyclic amines) is 1. The molecule has 2 atom stereocenters. The molecule has 0 saturated carbocycles. The maximum atomic E-state index is 13.4. The van der Waals surface area contributed by atoms with Crippen LogP contribution < -0.4 is 9.47 Å². The normalized spacial score (nSPS) is 20.9. The molecule has 8 heteroatoms. The fourth-order valence-electron chi connectivity index (χ4n) is 4.00. The standard InChI is InChI=1S/C22H29N3O5/c1-22(2,3)30-21(27)25-13-15-11-19(29-5)18(28-4)10-14(15)9-17(25)20(26)24-8-6-7-16(24)12-23/h10-11,16-17H,6-9,13H2,1-5H3. The summed E-state index contributed by atoms with van der Waals surface area (Å²) in [5, 5.41) is 9.42. The number of fused-ring (bicyclic) bond motifs is 1. The second kappa shape index (κ2) is 8.42. The van der Waals surface area contributed by atoms with Crippen LogP contribution in [0.2, 0.25) is 0 Å². The molecule has 1 fully saturated rings. The van der Waals surface area contributed by atoms with Crippen LogP contribution in [0.4, 0.5) is 4.79 Å². The van der Waals surface area contributed by atoms with E-state index in [1.165, 1.54) is 4.90 Å². The van der Waals surface area contributed by atoms with Crippen molar-refractivity contribution < 1.29 is 23.8 Å². The topological polar surface area (TPSA) is 92.1 Å². The molecule has 0 aromatic heterocycles. The van der Waals surface area contributed by atoms with E-state index in [4.69, 9.17) is 14.2 Å². The molecule has 3 rings (SSSR count). The lowest BCUT2D eigenvalue weighted by Crippen LogP contribution is -2.55. The SMILES string of the molecule is COc1cc2c(cc1OC)CN(C(=O)OC(C)(C)C)C(C(=O)N1CCCC1C#N)C2. The highest BCUT2D eigenvalue weighted by Gasteiger charge is 2.42. The van der Waals surface area contributed by atoms with Crippen molar-refractivity contribution >= 4 is 12.0 Å². The summed E-state index contributed by atoms with van der Waals surface area (Å²) in [4.78, 5) is 29.5. The molecule has 8 nitrogen and oxygen atoms in total. The molecule has 0 radical (unpaired) electrons. The zero-order valence-corrected chi connectivity index (χ0v) is 18.2. The molecule has 1 aromatic rings. The van der Waals surface area contributed by atoms with E-state index in [-0.39, 0.29) is 12.5 Å². The predicted molar refractivity (Wildman–Crippen MR) is 109 cm³/mol. The van der Waals surface area contributed by atoms with Crippen LogP contribution in [-0.2, 0) is 22.5 Å². The number of methoxy groups -OCH3 is 2. The third-order valence-corrected chi connectivity index (χ3v) is 5.43. The largest absolute Gasteiger partial charge is 0.493 e. The first-order valence-corrected chi connectivity index (χ1v) is 10.1. The number of nitrogens with zero attached hydrogens (tertiary/aromatic N) is 3. The number of amides is 2. The Bertz CT molecular complexity index is 871. The Morgan fingerprint density at radius 3 is 2.30 bits per heavy atom.